The lowest BCUT2D eigenvalue weighted by Crippen LogP contribution is -2.35. The first-order valence-electron chi connectivity index (χ1n) is 9.78. The third kappa shape index (κ3) is 4.10. The van der Waals surface area contributed by atoms with Crippen molar-refractivity contribution in [2.45, 2.75) is 26.8 Å². The molecule has 1 heterocycles. The molecule has 0 spiro atoms. The van der Waals surface area contributed by atoms with Crippen molar-refractivity contribution >= 4 is 17.4 Å². The van der Waals surface area contributed by atoms with Crippen LogP contribution in [0.3, 0.4) is 0 Å². The van der Waals surface area contributed by atoms with E-state index in [1.54, 1.807) is 4.90 Å². The van der Waals surface area contributed by atoms with Crippen LogP contribution in [-0.2, 0) is 9.59 Å². The van der Waals surface area contributed by atoms with Crippen molar-refractivity contribution in [3.63, 3.8) is 0 Å². The number of hydrogen-bond donors (Lipinski definition) is 1. The van der Waals surface area contributed by atoms with Crippen LogP contribution in [0.5, 0.6) is 0 Å². The summed E-state index contributed by atoms with van der Waals surface area (Å²) >= 11 is 0. The molecule has 1 atom stereocenters. The third-order valence-corrected chi connectivity index (χ3v) is 5.37. The van der Waals surface area contributed by atoms with E-state index in [2.05, 4.69) is 0 Å². The van der Waals surface area contributed by atoms with Crippen molar-refractivity contribution < 1.29 is 14.7 Å². The summed E-state index contributed by atoms with van der Waals surface area (Å²) in [6.45, 7) is 6.84. The fourth-order valence-electron chi connectivity index (χ4n) is 3.65. The molecule has 1 aliphatic heterocycles. The number of benzene rings is 2. The Kier molecular flexibility index (Phi) is 5.89. The van der Waals surface area contributed by atoms with Gasteiger partial charge in [0.25, 0.3) is 11.7 Å². The topological polar surface area (TPSA) is 60.9 Å². The second-order valence-corrected chi connectivity index (χ2v) is 8.02. The predicted octanol–water partition coefficient (Wildman–Crippen LogP) is 3.60. The minimum absolute atomic E-state index is 0.109. The van der Waals surface area contributed by atoms with Gasteiger partial charge in [0.15, 0.2) is 0 Å². The number of carbonyl (C=O) groups excluding carboxylic acids is 2. The van der Waals surface area contributed by atoms with Gasteiger partial charge in [0, 0.05) is 18.7 Å². The molecule has 1 N–H and O–H groups in total. The van der Waals surface area contributed by atoms with Crippen molar-refractivity contribution in [1.29, 1.82) is 0 Å². The Bertz CT molecular complexity index is 974. The first kappa shape index (κ1) is 20.8. The SMILES string of the molecule is Cc1ccc([C@H]2C(=C(O)c3cc(C)ccc3C)C(=O)C(=O)N2CCN(C)C)cc1. The van der Waals surface area contributed by atoms with Gasteiger partial charge >= 0.3 is 0 Å². The van der Waals surface area contributed by atoms with E-state index < -0.39 is 17.7 Å². The number of amides is 1. The van der Waals surface area contributed by atoms with E-state index in [4.69, 9.17) is 0 Å². The fraction of sp³-hybridized carbons (Fsp3) is 0.333. The van der Waals surface area contributed by atoms with Gasteiger partial charge < -0.3 is 14.9 Å². The van der Waals surface area contributed by atoms with Gasteiger partial charge in [-0.1, -0.05) is 47.5 Å². The largest absolute Gasteiger partial charge is 0.507 e. The number of aliphatic hydroxyl groups is 1. The molecule has 2 aromatic carbocycles. The zero-order valence-corrected chi connectivity index (χ0v) is 17.7. The lowest BCUT2D eigenvalue weighted by atomic mass is 9.93. The van der Waals surface area contributed by atoms with Crippen molar-refractivity contribution in [3.05, 3.63) is 75.9 Å². The van der Waals surface area contributed by atoms with Crippen LogP contribution < -0.4 is 0 Å². The normalized spacial score (nSPS) is 18.7. The van der Waals surface area contributed by atoms with Gasteiger partial charge in [-0.25, -0.2) is 0 Å². The van der Waals surface area contributed by atoms with Crippen LogP contribution >= 0.6 is 0 Å². The maximum absolute atomic E-state index is 13.0. The first-order valence-corrected chi connectivity index (χ1v) is 9.78. The van der Waals surface area contributed by atoms with E-state index in [1.165, 1.54) is 0 Å². The average molecular weight is 392 g/mol. The Morgan fingerprint density at radius 2 is 1.62 bits per heavy atom. The Balaban J connectivity index is 2.19. The van der Waals surface area contributed by atoms with Crippen LogP contribution in [0.15, 0.2) is 48.0 Å². The van der Waals surface area contributed by atoms with Gasteiger partial charge in [-0.3, -0.25) is 9.59 Å². The molecule has 1 aliphatic rings. The summed E-state index contributed by atoms with van der Waals surface area (Å²) in [7, 11) is 3.85. The number of aryl methyl sites for hydroxylation is 3. The molecule has 5 nitrogen and oxygen atoms in total. The monoisotopic (exact) mass is 392 g/mol. The summed E-state index contributed by atoms with van der Waals surface area (Å²) in [5.74, 6) is -1.31. The van der Waals surface area contributed by atoms with E-state index in [-0.39, 0.29) is 11.3 Å². The van der Waals surface area contributed by atoms with Gasteiger partial charge in [-0.15, -0.1) is 0 Å². The van der Waals surface area contributed by atoms with Crippen LogP contribution in [0, 0.1) is 20.8 Å². The molecule has 152 valence electrons. The van der Waals surface area contributed by atoms with Gasteiger partial charge in [0.05, 0.1) is 11.6 Å². The van der Waals surface area contributed by atoms with Crippen LogP contribution in [0.1, 0.15) is 33.9 Å². The first-order chi connectivity index (χ1) is 13.7. The lowest BCUT2D eigenvalue weighted by Gasteiger charge is -2.26. The molecular formula is C24H28N2O3. The second kappa shape index (κ2) is 8.21. The number of hydrogen-bond acceptors (Lipinski definition) is 4. The second-order valence-electron chi connectivity index (χ2n) is 8.02. The Morgan fingerprint density at radius 3 is 2.24 bits per heavy atom. The molecule has 29 heavy (non-hydrogen) atoms. The van der Waals surface area contributed by atoms with Gasteiger partial charge in [0.2, 0.25) is 0 Å². The van der Waals surface area contributed by atoms with E-state index in [0.717, 1.165) is 22.3 Å². The number of aliphatic hydroxyl groups excluding tert-OH is 1. The third-order valence-electron chi connectivity index (χ3n) is 5.37. The highest BCUT2D eigenvalue weighted by Gasteiger charge is 2.45. The minimum atomic E-state index is -0.632. The highest BCUT2D eigenvalue weighted by Crippen LogP contribution is 2.39. The maximum Gasteiger partial charge on any atom is 0.295 e. The van der Waals surface area contributed by atoms with E-state index in [0.29, 0.717) is 18.7 Å². The molecule has 0 saturated carbocycles. The van der Waals surface area contributed by atoms with Gasteiger partial charge in [-0.2, -0.15) is 0 Å². The number of likely N-dealkylation sites (N-methyl/N-ethyl adjacent to an activating group) is 1. The molecule has 0 unspecified atom stereocenters. The Hall–Kier alpha value is -2.92. The lowest BCUT2D eigenvalue weighted by molar-refractivity contribution is -0.140. The molecular weight excluding hydrogens is 364 g/mol. The molecule has 5 heteroatoms. The van der Waals surface area contributed by atoms with Crippen LogP contribution in [0.4, 0.5) is 0 Å². The van der Waals surface area contributed by atoms with Crippen molar-refractivity contribution in [1.82, 2.24) is 9.80 Å². The van der Waals surface area contributed by atoms with Crippen molar-refractivity contribution in [2.24, 2.45) is 0 Å². The fourth-order valence-corrected chi connectivity index (χ4v) is 3.65. The molecule has 0 aliphatic carbocycles. The minimum Gasteiger partial charge on any atom is -0.507 e. The summed E-state index contributed by atoms with van der Waals surface area (Å²) < 4.78 is 0. The van der Waals surface area contributed by atoms with Crippen molar-refractivity contribution in [3.8, 4) is 0 Å². The van der Waals surface area contributed by atoms with E-state index >= 15 is 0 Å². The summed E-state index contributed by atoms with van der Waals surface area (Å²) in [5.41, 5.74) is 4.49. The molecule has 1 saturated heterocycles. The molecule has 1 fully saturated rings. The van der Waals surface area contributed by atoms with E-state index in [9.17, 15) is 14.7 Å². The van der Waals surface area contributed by atoms with Crippen LogP contribution in [0.2, 0.25) is 0 Å². The number of rotatable bonds is 5. The zero-order chi connectivity index (χ0) is 21.3. The molecule has 2 aromatic rings. The van der Waals surface area contributed by atoms with Gasteiger partial charge in [0.1, 0.15) is 5.76 Å². The standard InChI is InChI=1S/C24H28N2O3/c1-15-7-10-18(11-8-15)21-20(22(27)19-14-16(2)6-9-17(19)3)23(28)24(29)26(21)13-12-25(4)5/h6-11,14,21,27H,12-13H2,1-5H3/t21-/m0/s1. The number of ketones is 1. The smallest absolute Gasteiger partial charge is 0.295 e. The number of likely N-dealkylation sites (tertiary alicyclic amines) is 1. The summed E-state index contributed by atoms with van der Waals surface area (Å²) in [6, 6.07) is 12.9. The summed E-state index contributed by atoms with van der Waals surface area (Å²) in [4.78, 5) is 29.4. The molecule has 1 amide bonds. The zero-order valence-electron chi connectivity index (χ0n) is 17.7. The number of carbonyl (C=O) groups is 2. The summed E-state index contributed by atoms with van der Waals surface area (Å²) in [6.07, 6.45) is 0. The maximum atomic E-state index is 13.0. The van der Waals surface area contributed by atoms with E-state index in [1.807, 2.05) is 82.2 Å². The van der Waals surface area contributed by atoms with Crippen LogP contribution in [-0.4, -0.2) is 53.8 Å². The Labute approximate surface area is 172 Å². The number of nitrogens with zero attached hydrogens (tertiary/aromatic N) is 2. The average Bonchev–Trinajstić information content (AvgIpc) is 2.93. The molecule has 0 bridgehead atoms. The summed E-state index contributed by atoms with van der Waals surface area (Å²) in [5, 5.41) is 11.2. The molecule has 0 radical (unpaired) electrons. The van der Waals surface area contributed by atoms with Gasteiger partial charge in [-0.05, 0) is 52.1 Å². The van der Waals surface area contributed by atoms with Crippen molar-refractivity contribution in [2.75, 3.05) is 27.2 Å². The highest BCUT2D eigenvalue weighted by molar-refractivity contribution is 6.46. The van der Waals surface area contributed by atoms with Crippen LogP contribution in [0.25, 0.3) is 5.76 Å². The molecule has 0 aromatic heterocycles. The quantitative estimate of drug-likeness (QED) is 0.480. The highest BCUT2D eigenvalue weighted by atomic mass is 16.3. The predicted molar refractivity (Wildman–Crippen MR) is 115 cm³/mol. The molecule has 3 rings (SSSR count). The number of Topliss-reactive ketones (excluding diaryl/α,β-unsaturated/α-hetero) is 1. The Morgan fingerprint density at radius 1 is 1.00 bits per heavy atom.